The summed E-state index contributed by atoms with van der Waals surface area (Å²) in [5, 5.41) is 0. The van der Waals surface area contributed by atoms with E-state index in [4.69, 9.17) is 13.9 Å². The van der Waals surface area contributed by atoms with Crippen LogP contribution in [0.5, 0.6) is 5.75 Å². The number of methoxy groups -OCH3 is 1. The highest BCUT2D eigenvalue weighted by Crippen LogP contribution is 2.27. The topological polar surface area (TPSA) is 89.3 Å². The molecule has 0 spiro atoms. The quantitative estimate of drug-likeness (QED) is 0.372. The Labute approximate surface area is 207 Å². The third-order valence-electron chi connectivity index (χ3n) is 5.72. The molecule has 0 saturated carbocycles. The highest BCUT2D eigenvalue weighted by atomic mass is 32.2. The largest absolute Gasteiger partial charge is 0.497 e. The van der Waals surface area contributed by atoms with Gasteiger partial charge in [0.2, 0.25) is 15.9 Å². The summed E-state index contributed by atoms with van der Waals surface area (Å²) in [4.78, 5) is 14.3. The smallest absolute Gasteiger partial charge is 0.248 e. The summed E-state index contributed by atoms with van der Waals surface area (Å²) < 4.78 is 43.5. The lowest BCUT2D eigenvalue weighted by Gasteiger charge is -2.21. The van der Waals surface area contributed by atoms with Gasteiger partial charge in [0.15, 0.2) is 0 Å². The number of nitrogens with zero attached hydrogens (tertiary/aromatic N) is 2. The lowest BCUT2D eigenvalue weighted by molar-refractivity contribution is -0.135. The third-order valence-corrected chi connectivity index (χ3v) is 7.88. The second kappa shape index (κ2) is 11.5. The van der Waals surface area contributed by atoms with Crippen LogP contribution in [0.3, 0.4) is 0 Å². The molecule has 0 unspecified atom stereocenters. The van der Waals surface area contributed by atoms with E-state index in [2.05, 4.69) is 0 Å². The van der Waals surface area contributed by atoms with Gasteiger partial charge in [0, 0.05) is 32.7 Å². The molecule has 0 aliphatic rings. The van der Waals surface area contributed by atoms with E-state index in [0.717, 1.165) is 16.9 Å². The summed E-state index contributed by atoms with van der Waals surface area (Å²) in [5.74, 6) is 1.21. The molecule has 3 aromatic rings. The molecule has 0 bridgehead atoms. The summed E-state index contributed by atoms with van der Waals surface area (Å²) in [6.07, 6.45) is 1.63. The molecular formula is C26H32N2O6S. The van der Waals surface area contributed by atoms with Crippen molar-refractivity contribution >= 4 is 15.9 Å². The maximum absolute atomic E-state index is 13.1. The van der Waals surface area contributed by atoms with E-state index < -0.39 is 10.0 Å². The van der Waals surface area contributed by atoms with Crippen molar-refractivity contribution in [2.24, 2.45) is 0 Å². The molecule has 188 valence electrons. The van der Waals surface area contributed by atoms with E-state index in [0.29, 0.717) is 23.4 Å². The van der Waals surface area contributed by atoms with Gasteiger partial charge < -0.3 is 18.8 Å². The van der Waals surface area contributed by atoms with Crippen LogP contribution in [0.4, 0.5) is 0 Å². The summed E-state index contributed by atoms with van der Waals surface area (Å²) in [7, 11) is 1.05. The zero-order valence-corrected chi connectivity index (χ0v) is 21.6. The number of sulfonamides is 1. The first-order valence-corrected chi connectivity index (χ1v) is 12.6. The summed E-state index contributed by atoms with van der Waals surface area (Å²) in [5.41, 5.74) is 3.18. The monoisotopic (exact) mass is 500 g/mol. The van der Waals surface area contributed by atoms with Gasteiger partial charge in [-0.3, -0.25) is 4.79 Å². The Morgan fingerprint density at radius 3 is 2.26 bits per heavy atom. The Morgan fingerprint density at radius 2 is 1.69 bits per heavy atom. The average molecular weight is 501 g/mol. The standard InChI is InChI=1S/C26H32N2O6S/c1-19-15-23(32-5)16-20(2)26(19)35(30,31)28(4)12-14-33-18-25(29)27(3)17-21-8-10-22(11-9-21)24-7-6-13-34-24/h6-11,13,15-16H,12,14,17-18H2,1-5H3. The number of ether oxygens (including phenoxy) is 2. The maximum Gasteiger partial charge on any atom is 0.248 e. The van der Waals surface area contributed by atoms with E-state index in [1.807, 2.05) is 36.4 Å². The summed E-state index contributed by atoms with van der Waals surface area (Å²) in [6.45, 7) is 4.01. The molecular weight excluding hydrogens is 468 g/mol. The van der Waals surface area contributed by atoms with Gasteiger partial charge in [0.1, 0.15) is 18.1 Å². The first-order chi connectivity index (χ1) is 16.6. The van der Waals surface area contributed by atoms with Gasteiger partial charge in [-0.15, -0.1) is 0 Å². The van der Waals surface area contributed by atoms with Gasteiger partial charge in [0.05, 0.1) is 24.9 Å². The molecule has 2 aromatic carbocycles. The van der Waals surface area contributed by atoms with E-state index in [9.17, 15) is 13.2 Å². The van der Waals surface area contributed by atoms with Crippen molar-refractivity contribution in [3.05, 3.63) is 71.5 Å². The van der Waals surface area contributed by atoms with Gasteiger partial charge in [0.25, 0.3) is 0 Å². The summed E-state index contributed by atoms with van der Waals surface area (Å²) in [6, 6.07) is 14.9. The van der Waals surface area contributed by atoms with Gasteiger partial charge in [-0.05, 0) is 54.8 Å². The number of benzene rings is 2. The number of hydrogen-bond acceptors (Lipinski definition) is 6. The molecule has 0 N–H and O–H groups in total. The predicted octanol–water partition coefficient (Wildman–Crippen LogP) is 3.87. The highest BCUT2D eigenvalue weighted by Gasteiger charge is 2.25. The third kappa shape index (κ3) is 6.50. The molecule has 1 amide bonds. The van der Waals surface area contributed by atoms with E-state index in [-0.39, 0.29) is 30.6 Å². The van der Waals surface area contributed by atoms with Crippen molar-refractivity contribution in [1.29, 1.82) is 0 Å². The SMILES string of the molecule is COc1cc(C)c(S(=O)(=O)N(C)CCOCC(=O)N(C)Cc2ccc(-c3ccco3)cc2)c(C)c1. The molecule has 1 heterocycles. The molecule has 8 nitrogen and oxygen atoms in total. The predicted molar refractivity (Wildman–Crippen MR) is 134 cm³/mol. The van der Waals surface area contributed by atoms with Crippen LogP contribution in [-0.4, -0.2) is 64.5 Å². The molecule has 0 fully saturated rings. The van der Waals surface area contributed by atoms with Crippen LogP contribution < -0.4 is 4.74 Å². The van der Waals surface area contributed by atoms with Gasteiger partial charge in [-0.25, -0.2) is 8.42 Å². The molecule has 1 aromatic heterocycles. The minimum Gasteiger partial charge on any atom is -0.497 e. The molecule has 0 aliphatic heterocycles. The molecule has 0 radical (unpaired) electrons. The van der Waals surface area contributed by atoms with Gasteiger partial charge in [-0.1, -0.05) is 24.3 Å². The van der Waals surface area contributed by atoms with Crippen LogP contribution >= 0.6 is 0 Å². The number of carbonyl (C=O) groups excluding carboxylic acids is 1. The van der Waals surface area contributed by atoms with Crippen molar-refractivity contribution in [3.8, 4) is 17.1 Å². The lowest BCUT2D eigenvalue weighted by atomic mass is 10.1. The molecule has 3 rings (SSSR count). The Kier molecular flexibility index (Phi) is 8.71. The molecule has 0 atom stereocenters. The normalized spacial score (nSPS) is 11.6. The Balaban J connectivity index is 1.48. The van der Waals surface area contributed by atoms with Crippen LogP contribution in [0.25, 0.3) is 11.3 Å². The van der Waals surface area contributed by atoms with Gasteiger partial charge >= 0.3 is 0 Å². The van der Waals surface area contributed by atoms with E-state index in [1.165, 1.54) is 11.4 Å². The zero-order valence-electron chi connectivity index (χ0n) is 20.8. The van der Waals surface area contributed by atoms with E-state index in [1.54, 1.807) is 51.3 Å². The fraction of sp³-hybridized carbons (Fsp3) is 0.346. The molecule has 9 heteroatoms. The first-order valence-electron chi connectivity index (χ1n) is 11.2. The second-order valence-corrected chi connectivity index (χ2v) is 10.4. The van der Waals surface area contributed by atoms with Crippen molar-refractivity contribution in [2.45, 2.75) is 25.3 Å². The van der Waals surface area contributed by atoms with Crippen molar-refractivity contribution in [3.63, 3.8) is 0 Å². The van der Waals surface area contributed by atoms with Crippen LogP contribution in [0.15, 0.2) is 64.1 Å². The number of rotatable bonds is 11. The number of hydrogen-bond donors (Lipinski definition) is 0. The van der Waals surface area contributed by atoms with Gasteiger partial charge in [-0.2, -0.15) is 4.31 Å². The van der Waals surface area contributed by atoms with Crippen LogP contribution in [0.2, 0.25) is 0 Å². The number of likely N-dealkylation sites (N-methyl/N-ethyl adjacent to an activating group) is 2. The second-order valence-electron chi connectivity index (χ2n) is 8.39. The highest BCUT2D eigenvalue weighted by molar-refractivity contribution is 7.89. The van der Waals surface area contributed by atoms with Crippen molar-refractivity contribution in [1.82, 2.24) is 9.21 Å². The number of amides is 1. The Morgan fingerprint density at radius 1 is 1.03 bits per heavy atom. The van der Waals surface area contributed by atoms with E-state index >= 15 is 0 Å². The maximum atomic E-state index is 13.1. The van der Waals surface area contributed by atoms with Crippen LogP contribution in [-0.2, 0) is 26.1 Å². The molecule has 0 aliphatic carbocycles. The minimum atomic E-state index is -3.71. The number of furan rings is 1. The van der Waals surface area contributed by atoms with Crippen molar-refractivity contribution < 1.29 is 27.1 Å². The van der Waals surface area contributed by atoms with Crippen LogP contribution in [0.1, 0.15) is 16.7 Å². The number of aryl methyl sites for hydroxylation is 2. The Bertz CT molecular complexity index is 1210. The fourth-order valence-electron chi connectivity index (χ4n) is 3.75. The van der Waals surface area contributed by atoms with Crippen LogP contribution in [0, 0.1) is 13.8 Å². The lowest BCUT2D eigenvalue weighted by Crippen LogP contribution is -2.33. The van der Waals surface area contributed by atoms with Crippen molar-refractivity contribution in [2.75, 3.05) is 41.0 Å². The number of carbonyl (C=O) groups is 1. The minimum absolute atomic E-state index is 0.0986. The average Bonchev–Trinajstić information content (AvgIpc) is 3.36. The summed E-state index contributed by atoms with van der Waals surface area (Å²) >= 11 is 0. The molecule has 0 saturated heterocycles. The zero-order chi connectivity index (χ0) is 25.6. The first kappa shape index (κ1) is 26.5. The Hall–Kier alpha value is -3.14. The fourth-order valence-corrected chi connectivity index (χ4v) is 5.31. The molecule has 35 heavy (non-hydrogen) atoms.